The van der Waals surface area contributed by atoms with Crippen molar-refractivity contribution in [2.45, 2.75) is 13.0 Å². The van der Waals surface area contributed by atoms with Gasteiger partial charge in [0.2, 0.25) is 5.91 Å². The molecule has 0 bridgehead atoms. The van der Waals surface area contributed by atoms with E-state index in [1.807, 2.05) is 6.07 Å². The van der Waals surface area contributed by atoms with Crippen molar-refractivity contribution in [2.24, 2.45) is 5.10 Å². The van der Waals surface area contributed by atoms with Crippen LogP contribution < -0.4 is 5.43 Å². The number of halogens is 1. The SMILES string of the molecule is O=C(CCN1CCN(Cc2ccccc2)CC1)N/N=C\c1cc(Br)ccc1O. The monoisotopic (exact) mass is 444 g/mol. The number of hydrogen-bond donors (Lipinski definition) is 2. The molecule has 0 atom stereocenters. The standard InChI is InChI=1S/C21H25BrN4O2/c22-19-6-7-20(27)18(14-19)15-23-24-21(28)8-9-25-10-12-26(13-11-25)16-17-4-2-1-3-5-17/h1-7,14-15,27H,8-13,16H2,(H,24,28)/b23-15-. The Morgan fingerprint density at radius 2 is 1.82 bits per heavy atom. The van der Waals surface area contributed by atoms with Gasteiger partial charge < -0.3 is 10.0 Å². The number of hydrazone groups is 1. The zero-order valence-electron chi connectivity index (χ0n) is 15.7. The van der Waals surface area contributed by atoms with Crippen molar-refractivity contribution in [1.29, 1.82) is 0 Å². The zero-order chi connectivity index (χ0) is 19.8. The van der Waals surface area contributed by atoms with Crippen molar-refractivity contribution in [1.82, 2.24) is 15.2 Å². The lowest BCUT2D eigenvalue weighted by atomic mass is 10.2. The molecule has 0 spiro atoms. The first-order valence-corrected chi connectivity index (χ1v) is 10.2. The molecule has 0 aromatic heterocycles. The van der Waals surface area contributed by atoms with Crippen LogP contribution in [0.25, 0.3) is 0 Å². The first-order chi connectivity index (χ1) is 13.6. The maximum absolute atomic E-state index is 12.0. The summed E-state index contributed by atoms with van der Waals surface area (Å²) in [7, 11) is 0. The number of amides is 1. The van der Waals surface area contributed by atoms with Crippen LogP contribution in [0, 0.1) is 0 Å². The molecule has 6 nitrogen and oxygen atoms in total. The predicted octanol–water partition coefficient (Wildman–Crippen LogP) is 2.81. The number of rotatable bonds is 7. The van der Waals surface area contributed by atoms with Crippen molar-refractivity contribution < 1.29 is 9.90 Å². The maximum atomic E-state index is 12.0. The van der Waals surface area contributed by atoms with Crippen LogP contribution in [0.15, 0.2) is 58.1 Å². The molecular formula is C21H25BrN4O2. The Kier molecular flexibility index (Phi) is 7.59. The summed E-state index contributed by atoms with van der Waals surface area (Å²) in [5, 5.41) is 13.7. The van der Waals surface area contributed by atoms with E-state index in [0.717, 1.165) is 43.7 Å². The van der Waals surface area contributed by atoms with Crippen LogP contribution in [0.3, 0.4) is 0 Å². The van der Waals surface area contributed by atoms with E-state index in [1.54, 1.807) is 18.2 Å². The van der Waals surface area contributed by atoms with E-state index in [2.05, 4.69) is 60.5 Å². The van der Waals surface area contributed by atoms with Crippen LogP contribution in [-0.4, -0.2) is 59.8 Å². The molecule has 1 heterocycles. The number of nitrogens with one attached hydrogen (secondary N) is 1. The van der Waals surface area contributed by atoms with Gasteiger partial charge in [0.25, 0.3) is 0 Å². The molecule has 0 unspecified atom stereocenters. The lowest BCUT2D eigenvalue weighted by molar-refractivity contribution is -0.121. The summed E-state index contributed by atoms with van der Waals surface area (Å²) in [4.78, 5) is 16.8. The molecule has 148 valence electrons. The minimum atomic E-state index is -0.127. The summed E-state index contributed by atoms with van der Waals surface area (Å²) in [6, 6.07) is 15.6. The van der Waals surface area contributed by atoms with Crippen LogP contribution in [0.4, 0.5) is 0 Å². The van der Waals surface area contributed by atoms with Crippen molar-refractivity contribution in [2.75, 3.05) is 32.7 Å². The Morgan fingerprint density at radius 1 is 1.11 bits per heavy atom. The highest BCUT2D eigenvalue weighted by Crippen LogP contribution is 2.19. The minimum Gasteiger partial charge on any atom is -0.507 e. The lowest BCUT2D eigenvalue weighted by Crippen LogP contribution is -2.46. The third kappa shape index (κ3) is 6.44. The average Bonchev–Trinajstić information content (AvgIpc) is 2.71. The van der Waals surface area contributed by atoms with Crippen LogP contribution in [-0.2, 0) is 11.3 Å². The molecule has 2 aromatic carbocycles. The highest BCUT2D eigenvalue weighted by Gasteiger charge is 2.17. The van der Waals surface area contributed by atoms with E-state index in [9.17, 15) is 9.90 Å². The van der Waals surface area contributed by atoms with Gasteiger partial charge in [0, 0.05) is 55.7 Å². The number of nitrogens with zero attached hydrogens (tertiary/aromatic N) is 3. The Balaban J connectivity index is 1.35. The fraction of sp³-hybridized carbons (Fsp3) is 0.333. The van der Waals surface area contributed by atoms with Gasteiger partial charge in [0.1, 0.15) is 5.75 Å². The van der Waals surface area contributed by atoms with Gasteiger partial charge in [0.15, 0.2) is 0 Å². The van der Waals surface area contributed by atoms with E-state index in [-0.39, 0.29) is 11.7 Å². The number of carbonyl (C=O) groups is 1. The molecule has 0 aliphatic carbocycles. The van der Waals surface area contributed by atoms with E-state index < -0.39 is 0 Å². The highest BCUT2D eigenvalue weighted by molar-refractivity contribution is 9.10. The summed E-state index contributed by atoms with van der Waals surface area (Å²) in [5.41, 5.74) is 4.41. The summed E-state index contributed by atoms with van der Waals surface area (Å²) in [5.74, 6) is -0.00738. The van der Waals surface area contributed by atoms with Crippen LogP contribution in [0.5, 0.6) is 5.75 Å². The molecule has 2 aromatic rings. The van der Waals surface area contributed by atoms with Gasteiger partial charge in [-0.25, -0.2) is 5.43 Å². The molecule has 0 saturated carbocycles. The van der Waals surface area contributed by atoms with Crippen LogP contribution in [0.2, 0.25) is 0 Å². The van der Waals surface area contributed by atoms with E-state index in [1.165, 1.54) is 11.8 Å². The highest BCUT2D eigenvalue weighted by atomic mass is 79.9. The number of carbonyl (C=O) groups excluding carboxylic acids is 1. The Morgan fingerprint density at radius 3 is 2.57 bits per heavy atom. The molecule has 1 fully saturated rings. The molecule has 28 heavy (non-hydrogen) atoms. The van der Waals surface area contributed by atoms with Crippen molar-refractivity contribution >= 4 is 28.1 Å². The van der Waals surface area contributed by atoms with Crippen LogP contribution >= 0.6 is 15.9 Å². The molecule has 1 aliphatic rings. The Hall–Kier alpha value is -2.22. The molecule has 0 radical (unpaired) electrons. The van der Waals surface area contributed by atoms with E-state index >= 15 is 0 Å². The molecule has 1 amide bonds. The average molecular weight is 445 g/mol. The van der Waals surface area contributed by atoms with Gasteiger partial charge in [-0.1, -0.05) is 46.3 Å². The van der Waals surface area contributed by atoms with Crippen LogP contribution in [0.1, 0.15) is 17.5 Å². The summed E-state index contributed by atoms with van der Waals surface area (Å²) in [6.45, 7) is 5.66. The van der Waals surface area contributed by atoms with Gasteiger partial charge in [-0.3, -0.25) is 9.69 Å². The number of benzene rings is 2. The number of phenols is 1. The second-order valence-electron chi connectivity index (χ2n) is 6.85. The smallest absolute Gasteiger partial charge is 0.241 e. The van der Waals surface area contributed by atoms with E-state index in [0.29, 0.717) is 12.0 Å². The third-order valence-corrected chi connectivity index (χ3v) is 5.24. The van der Waals surface area contributed by atoms with Gasteiger partial charge in [-0.2, -0.15) is 5.10 Å². The van der Waals surface area contributed by atoms with Crippen molar-refractivity contribution in [3.8, 4) is 5.75 Å². The quantitative estimate of drug-likeness (QED) is 0.508. The molecule has 3 rings (SSSR count). The topological polar surface area (TPSA) is 68.2 Å². The molecule has 7 heteroatoms. The summed E-state index contributed by atoms with van der Waals surface area (Å²) >= 11 is 3.34. The molecule has 1 saturated heterocycles. The third-order valence-electron chi connectivity index (χ3n) is 4.75. The van der Waals surface area contributed by atoms with Gasteiger partial charge in [0.05, 0.1) is 6.21 Å². The second kappa shape index (κ2) is 10.4. The van der Waals surface area contributed by atoms with E-state index in [4.69, 9.17) is 0 Å². The second-order valence-corrected chi connectivity index (χ2v) is 7.77. The molecule has 1 aliphatic heterocycles. The fourth-order valence-corrected chi connectivity index (χ4v) is 3.51. The first-order valence-electron chi connectivity index (χ1n) is 9.39. The summed E-state index contributed by atoms with van der Waals surface area (Å²) < 4.78 is 0.837. The predicted molar refractivity (Wildman–Crippen MR) is 114 cm³/mol. The largest absolute Gasteiger partial charge is 0.507 e. The number of phenolic OH excluding ortho intramolecular Hbond substituents is 1. The minimum absolute atomic E-state index is 0.120. The lowest BCUT2D eigenvalue weighted by Gasteiger charge is -2.34. The number of aromatic hydroxyl groups is 1. The molecular weight excluding hydrogens is 420 g/mol. The fourth-order valence-electron chi connectivity index (χ4n) is 3.13. The maximum Gasteiger partial charge on any atom is 0.241 e. The summed E-state index contributed by atoms with van der Waals surface area (Å²) in [6.07, 6.45) is 1.85. The van der Waals surface area contributed by atoms with Gasteiger partial charge in [-0.05, 0) is 23.8 Å². The number of piperazine rings is 1. The van der Waals surface area contributed by atoms with Crippen molar-refractivity contribution in [3.63, 3.8) is 0 Å². The van der Waals surface area contributed by atoms with Crippen molar-refractivity contribution in [3.05, 3.63) is 64.1 Å². The van der Waals surface area contributed by atoms with Gasteiger partial charge in [-0.15, -0.1) is 0 Å². The first kappa shape index (κ1) is 20.5. The Labute approximate surface area is 174 Å². The number of hydrogen-bond acceptors (Lipinski definition) is 5. The normalized spacial score (nSPS) is 15.8. The molecule has 2 N–H and O–H groups in total. The zero-order valence-corrected chi connectivity index (χ0v) is 17.3. The Bertz CT molecular complexity index is 805. The van der Waals surface area contributed by atoms with Gasteiger partial charge >= 0.3 is 0 Å².